The molecule has 6 heteroatoms. The molecule has 0 saturated carbocycles. The van der Waals surface area contributed by atoms with Gasteiger partial charge in [-0.3, -0.25) is 0 Å². The Balaban J connectivity index is 2.82. The molecule has 0 saturated heterocycles. The zero-order chi connectivity index (χ0) is 12.3. The molecule has 0 radical (unpaired) electrons. The second-order valence-corrected chi connectivity index (χ2v) is 5.29. The van der Waals surface area contributed by atoms with E-state index in [2.05, 4.69) is 31.5 Å². The Morgan fingerprint density at radius 2 is 2.19 bits per heavy atom. The van der Waals surface area contributed by atoms with Gasteiger partial charge in [0.1, 0.15) is 0 Å². The third kappa shape index (κ3) is 3.57. The van der Waals surface area contributed by atoms with E-state index >= 15 is 0 Å². The predicted octanol–water partition coefficient (Wildman–Crippen LogP) is 3.50. The SMILES string of the molecule is Cc1c(Br)cnc(NC(=S)NC(C)C)c1Cl. The molecule has 16 heavy (non-hydrogen) atoms. The Morgan fingerprint density at radius 3 is 2.75 bits per heavy atom. The Hall–Kier alpha value is -0.390. The molecule has 1 aromatic rings. The van der Waals surface area contributed by atoms with E-state index in [1.807, 2.05) is 20.8 Å². The number of hydrogen-bond donors (Lipinski definition) is 2. The van der Waals surface area contributed by atoms with Gasteiger partial charge in [0.2, 0.25) is 0 Å². The van der Waals surface area contributed by atoms with Crippen LogP contribution in [0.1, 0.15) is 19.4 Å². The summed E-state index contributed by atoms with van der Waals surface area (Å²) < 4.78 is 0.880. The maximum atomic E-state index is 6.14. The van der Waals surface area contributed by atoms with E-state index < -0.39 is 0 Å². The zero-order valence-electron chi connectivity index (χ0n) is 9.27. The molecule has 0 aliphatic heterocycles. The van der Waals surface area contributed by atoms with Crippen molar-refractivity contribution in [3.63, 3.8) is 0 Å². The number of rotatable bonds is 2. The molecule has 0 aliphatic rings. The van der Waals surface area contributed by atoms with E-state index in [4.69, 9.17) is 23.8 Å². The van der Waals surface area contributed by atoms with Crippen LogP contribution in [0, 0.1) is 6.92 Å². The molecule has 0 spiro atoms. The van der Waals surface area contributed by atoms with Gasteiger partial charge >= 0.3 is 0 Å². The lowest BCUT2D eigenvalue weighted by Gasteiger charge is -2.14. The molecular weight excluding hydrogens is 310 g/mol. The van der Waals surface area contributed by atoms with Crippen molar-refractivity contribution < 1.29 is 0 Å². The number of hydrogen-bond acceptors (Lipinski definition) is 2. The van der Waals surface area contributed by atoms with Gasteiger partial charge in [-0.05, 0) is 54.5 Å². The quantitative estimate of drug-likeness (QED) is 0.817. The molecule has 1 rings (SSSR count). The zero-order valence-corrected chi connectivity index (χ0v) is 12.4. The van der Waals surface area contributed by atoms with E-state index in [9.17, 15) is 0 Å². The summed E-state index contributed by atoms with van der Waals surface area (Å²) in [7, 11) is 0. The van der Waals surface area contributed by atoms with Gasteiger partial charge in [0, 0.05) is 16.7 Å². The molecule has 1 heterocycles. The first-order chi connectivity index (χ1) is 7.41. The third-order valence-corrected chi connectivity index (χ3v) is 3.34. The van der Waals surface area contributed by atoms with Gasteiger partial charge in [0.15, 0.2) is 10.9 Å². The van der Waals surface area contributed by atoms with Crippen molar-refractivity contribution in [1.82, 2.24) is 10.3 Å². The Labute approximate surface area is 114 Å². The molecule has 0 bridgehead atoms. The van der Waals surface area contributed by atoms with E-state index in [-0.39, 0.29) is 6.04 Å². The van der Waals surface area contributed by atoms with Gasteiger partial charge in [-0.1, -0.05) is 11.6 Å². The molecule has 0 atom stereocenters. The standard InChI is InChI=1S/C10H13BrClN3S/c1-5(2)14-10(16)15-9-8(12)6(3)7(11)4-13-9/h4-5H,1-3H3,(H2,13,14,15,16). The average Bonchev–Trinajstić information content (AvgIpc) is 2.18. The molecule has 88 valence electrons. The second-order valence-electron chi connectivity index (χ2n) is 3.65. The number of aromatic nitrogens is 1. The van der Waals surface area contributed by atoms with Crippen LogP contribution in [0.25, 0.3) is 0 Å². The van der Waals surface area contributed by atoms with Crippen molar-refractivity contribution in [2.75, 3.05) is 5.32 Å². The Bertz CT molecular complexity index is 409. The van der Waals surface area contributed by atoms with Crippen LogP contribution in [0.4, 0.5) is 5.82 Å². The highest BCUT2D eigenvalue weighted by atomic mass is 79.9. The lowest BCUT2D eigenvalue weighted by Crippen LogP contribution is -2.34. The van der Waals surface area contributed by atoms with E-state index in [1.54, 1.807) is 6.20 Å². The topological polar surface area (TPSA) is 37.0 Å². The number of nitrogens with one attached hydrogen (secondary N) is 2. The fraction of sp³-hybridized carbons (Fsp3) is 0.400. The summed E-state index contributed by atoms with van der Waals surface area (Å²) in [6.07, 6.45) is 1.70. The smallest absolute Gasteiger partial charge is 0.172 e. The highest BCUT2D eigenvalue weighted by Gasteiger charge is 2.09. The number of anilines is 1. The summed E-state index contributed by atoms with van der Waals surface area (Å²) >= 11 is 14.6. The maximum Gasteiger partial charge on any atom is 0.172 e. The summed E-state index contributed by atoms with van der Waals surface area (Å²) in [5, 5.41) is 7.12. The first-order valence-corrected chi connectivity index (χ1v) is 6.38. The number of nitrogens with zero attached hydrogens (tertiary/aromatic N) is 1. The van der Waals surface area contributed by atoms with E-state index in [1.165, 1.54) is 0 Å². The average molecular weight is 323 g/mol. The first kappa shape index (κ1) is 13.7. The van der Waals surface area contributed by atoms with Crippen LogP contribution in [0.2, 0.25) is 5.02 Å². The summed E-state index contributed by atoms with van der Waals surface area (Å²) in [6.45, 7) is 5.93. The third-order valence-electron chi connectivity index (χ3n) is 1.85. The molecule has 0 aromatic carbocycles. The maximum absolute atomic E-state index is 6.14. The molecule has 0 fully saturated rings. The lowest BCUT2D eigenvalue weighted by molar-refractivity contribution is 0.739. The van der Waals surface area contributed by atoms with Gasteiger partial charge in [0.05, 0.1) is 5.02 Å². The molecule has 0 aliphatic carbocycles. The second kappa shape index (κ2) is 5.80. The number of thiocarbonyl (C=S) groups is 1. The molecule has 0 unspecified atom stereocenters. The molecule has 1 aromatic heterocycles. The summed E-state index contributed by atoms with van der Waals surface area (Å²) in [5.41, 5.74) is 0.937. The minimum atomic E-state index is 0.273. The van der Waals surface area contributed by atoms with Crippen LogP contribution in [0.3, 0.4) is 0 Å². The van der Waals surface area contributed by atoms with Gasteiger partial charge in [-0.2, -0.15) is 0 Å². The van der Waals surface area contributed by atoms with Crippen LogP contribution >= 0.6 is 39.7 Å². The monoisotopic (exact) mass is 321 g/mol. The largest absolute Gasteiger partial charge is 0.360 e. The Kier molecular flexibility index (Phi) is 4.95. The van der Waals surface area contributed by atoms with Crippen LogP contribution in [-0.4, -0.2) is 16.1 Å². The van der Waals surface area contributed by atoms with Gasteiger partial charge in [-0.25, -0.2) is 4.98 Å². The van der Waals surface area contributed by atoms with E-state index in [0.717, 1.165) is 10.0 Å². The van der Waals surface area contributed by atoms with Crippen molar-refractivity contribution in [2.24, 2.45) is 0 Å². The summed E-state index contributed by atoms with van der Waals surface area (Å²) in [6, 6.07) is 0.273. The van der Waals surface area contributed by atoms with Gasteiger partial charge in [-0.15, -0.1) is 0 Å². The van der Waals surface area contributed by atoms with Crippen LogP contribution in [0.5, 0.6) is 0 Å². The molecule has 0 amide bonds. The lowest BCUT2D eigenvalue weighted by atomic mass is 10.3. The highest BCUT2D eigenvalue weighted by molar-refractivity contribution is 9.10. The minimum absolute atomic E-state index is 0.273. The molecule has 3 nitrogen and oxygen atoms in total. The molecule has 2 N–H and O–H groups in total. The van der Waals surface area contributed by atoms with Crippen molar-refractivity contribution in [2.45, 2.75) is 26.8 Å². The van der Waals surface area contributed by atoms with Gasteiger partial charge < -0.3 is 10.6 Å². The normalized spacial score (nSPS) is 10.4. The fourth-order valence-corrected chi connectivity index (χ4v) is 2.00. The predicted molar refractivity (Wildman–Crippen MR) is 76.2 cm³/mol. The van der Waals surface area contributed by atoms with Crippen LogP contribution in [-0.2, 0) is 0 Å². The highest BCUT2D eigenvalue weighted by Crippen LogP contribution is 2.28. The Morgan fingerprint density at radius 1 is 1.56 bits per heavy atom. The van der Waals surface area contributed by atoms with Crippen LogP contribution < -0.4 is 10.6 Å². The van der Waals surface area contributed by atoms with E-state index in [0.29, 0.717) is 16.0 Å². The van der Waals surface area contributed by atoms with Crippen molar-refractivity contribution >= 4 is 50.7 Å². The summed E-state index contributed by atoms with van der Waals surface area (Å²) in [5.74, 6) is 0.570. The summed E-state index contributed by atoms with van der Waals surface area (Å²) in [4.78, 5) is 4.17. The minimum Gasteiger partial charge on any atom is -0.360 e. The van der Waals surface area contributed by atoms with Crippen molar-refractivity contribution in [1.29, 1.82) is 0 Å². The number of pyridine rings is 1. The van der Waals surface area contributed by atoms with Gasteiger partial charge in [0.25, 0.3) is 0 Å². The van der Waals surface area contributed by atoms with Crippen LogP contribution in [0.15, 0.2) is 10.7 Å². The molecular formula is C10H13BrClN3S. The fourth-order valence-electron chi connectivity index (χ4n) is 1.05. The van der Waals surface area contributed by atoms with Crippen molar-refractivity contribution in [3.05, 3.63) is 21.3 Å². The van der Waals surface area contributed by atoms with Crippen molar-refractivity contribution in [3.8, 4) is 0 Å². The first-order valence-electron chi connectivity index (χ1n) is 4.80. The number of halogens is 2.